The SMILES string of the molecule is CCc1nc2ccc(Br)cn2c1C(=O)Nc1ncc(C)s1. The van der Waals surface area contributed by atoms with Gasteiger partial charge in [0.15, 0.2) is 5.13 Å². The summed E-state index contributed by atoms with van der Waals surface area (Å²) >= 11 is 4.88. The number of hydrogen-bond acceptors (Lipinski definition) is 4. The van der Waals surface area contributed by atoms with Crippen LogP contribution in [-0.4, -0.2) is 20.3 Å². The molecule has 0 saturated carbocycles. The minimum atomic E-state index is -0.188. The minimum Gasteiger partial charge on any atom is -0.296 e. The predicted molar refractivity (Wildman–Crippen MR) is 87.1 cm³/mol. The van der Waals surface area contributed by atoms with E-state index < -0.39 is 0 Å². The number of hydrogen-bond donors (Lipinski definition) is 1. The second-order valence-electron chi connectivity index (χ2n) is 4.57. The standard InChI is InChI=1S/C14H13BrN4OS/c1-3-10-12(13(20)18-14-16-6-8(2)21-14)19-7-9(15)4-5-11(19)17-10/h4-7H,3H2,1-2H3,(H,16,18,20). The number of anilines is 1. The van der Waals surface area contributed by atoms with E-state index in [0.717, 1.165) is 20.7 Å². The quantitative estimate of drug-likeness (QED) is 0.770. The molecule has 0 unspecified atom stereocenters. The Kier molecular flexibility index (Phi) is 3.77. The van der Waals surface area contributed by atoms with Crippen LogP contribution in [0.3, 0.4) is 0 Å². The number of rotatable bonds is 3. The van der Waals surface area contributed by atoms with E-state index in [2.05, 4.69) is 31.2 Å². The number of halogens is 1. The van der Waals surface area contributed by atoms with Gasteiger partial charge in [-0.1, -0.05) is 6.92 Å². The first-order valence-electron chi connectivity index (χ1n) is 6.48. The fourth-order valence-electron chi connectivity index (χ4n) is 2.12. The Hall–Kier alpha value is -1.73. The van der Waals surface area contributed by atoms with Crippen molar-refractivity contribution in [1.82, 2.24) is 14.4 Å². The molecule has 1 N–H and O–H groups in total. The maximum Gasteiger partial charge on any atom is 0.276 e. The summed E-state index contributed by atoms with van der Waals surface area (Å²) in [7, 11) is 0. The summed E-state index contributed by atoms with van der Waals surface area (Å²) in [5.74, 6) is -0.188. The van der Waals surface area contributed by atoms with Crippen LogP contribution in [-0.2, 0) is 6.42 Å². The van der Waals surface area contributed by atoms with Gasteiger partial charge in [0.05, 0.1) is 5.69 Å². The van der Waals surface area contributed by atoms with Crippen LogP contribution >= 0.6 is 27.3 Å². The molecular formula is C14H13BrN4OS. The van der Waals surface area contributed by atoms with Crippen molar-refractivity contribution >= 4 is 44.0 Å². The third-order valence-corrected chi connectivity index (χ3v) is 4.34. The lowest BCUT2D eigenvalue weighted by molar-refractivity contribution is 0.102. The number of nitrogens with zero attached hydrogens (tertiary/aromatic N) is 3. The van der Waals surface area contributed by atoms with Gasteiger partial charge in [0.2, 0.25) is 0 Å². The second-order valence-corrected chi connectivity index (χ2v) is 6.72. The number of aryl methyl sites for hydroxylation is 2. The van der Waals surface area contributed by atoms with Gasteiger partial charge in [0, 0.05) is 21.7 Å². The van der Waals surface area contributed by atoms with Gasteiger partial charge in [-0.05, 0) is 41.4 Å². The Morgan fingerprint density at radius 1 is 1.48 bits per heavy atom. The zero-order valence-electron chi connectivity index (χ0n) is 11.6. The number of thiazole rings is 1. The molecular weight excluding hydrogens is 352 g/mol. The van der Waals surface area contributed by atoms with E-state index in [-0.39, 0.29) is 5.91 Å². The lowest BCUT2D eigenvalue weighted by Crippen LogP contribution is -2.16. The lowest BCUT2D eigenvalue weighted by Gasteiger charge is -2.04. The van der Waals surface area contributed by atoms with Crippen molar-refractivity contribution in [2.45, 2.75) is 20.3 Å². The highest BCUT2D eigenvalue weighted by Gasteiger charge is 2.19. The van der Waals surface area contributed by atoms with E-state index in [1.165, 1.54) is 11.3 Å². The van der Waals surface area contributed by atoms with Gasteiger partial charge < -0.3 is 0 Å². The highest BCUT2D eigenvalue weighted by molar-refractivity contribution is 9.10. The van der Waals surface area contributed by atoms with E-state index in [1.54, 1.807) is 10.6 Å². The maximum atomic E-state index is 12.6. The Labute approximate surface area is 134 Å². The number of aromatic nitrogens is 3. The number of pyridine rings is 1. The molecule has 0 atom stereocenters. The Morgan fingerprint density at radius 3 is 2.95 bits per heavy atom. The summed E-state index contributed by atoms with van der Waals surface area (Å²) in [5.41, 5.74) is 2.09. The summed E-state index contributed by atoms with van der Waals surface area (Å²) in [5, 5.41) is 3.45. The van der Waals surface area contributed by atoms with E-state index in [9.17, 15) is 4.79 Å². The number of carbonyl (C=O) groups excluding carboxylic acids is 1. The molecule has 0 fully saturated rings. The minimum absolute atomic E-state index is 0.188. The third kappa shape index (κ3) is 2.71. The molecule has 3 aromatic rings. The number of nitrogens with one attached hydrogen (secondary N) is 1. The highest BCUT2D eigenvalue weighted by atomic mass is 79.9. The monoisotopic (exact) mass is 364 g/mol. The molecule has 3 heterocycles. The number of amides is 1. The van der Waals surface area contributed by atoms with E-state index in [0.29, 0.717) is 17.2 Å². The molecule has 108 valence electrons. The van der Waals surface area contributed by atoms with Gasteiger partial charge in [-0.25, -0.2) is 9.97 Å². The van der Waals surface area contributed by atoms with Crippen molar-refractivity contribution in [3.05, 3.63) is 45.3 Å². The van der Waals surface area contributed by atoms with Crippen LogP contribution in [0.1, 0.15) is 28.0 Å². The van der Waals surface area contributed by atoms with Crippen molar-refractivity contribution < 1.29 is 4.79 Å². The molecule has 3 aromatic heterocycles. The summed E-state index contributed by atoms with van der Waals surface area (Å²) in [4.78, 5) is 22.3. The van der Waals surface area contributed by atoms with Gasteiger partial charge in [-0.2, -0.15) is 0 Å². The molecule has 0 aromatic carbocycles. The molecule has 0 aliphatic rings. The largest absolute Gasteiger partial charge is 0.296 e. The van der Waals surface area contributed by atoms with Gasteiger partial charge in [-0.15, -0.1) is 11.3 Å². The molecule has 1 amide bonds. The first-order chi connectivity index (χ1) is 10.1. The number of carbonyl (C=O) groups is 1. The number of imidazole rings is 1. The van der Waals surface area contributed by atoms with E-state index in [1.807, 2.05) is 32.2 Å². The molecule has 0 aliphatic carbocycles. The number of fused-ring (bicyclic) bond motifs is 1. The molecule has 0 spiro atoms. The predicted octanol–water partition coefficient (Wildman–Crippen LogP) is 3.68. The van der Waals surface area contributed by atoms with Crippen LogP contribution < -0.4 is 5.32 Å². The first-order valence-corrected chi connectivity index (χ1v) is 8.09. The molecule has 21 heavy (non-hydrogen) atoms. The van der Waals surface area contributed by atoms with Gasteiger partial charge in [0.1, 0.15) is 11.3 Å². The second kappa shape index (κ2) is 5.57. The molecule has 7 heteroatoms. The van der Waals surface area contributed by atoms with Crippen molar-refractivity contribution in [2.24, 2.45) is 0 Å². The molecule has 0 bridgehead atoms. The normalized spacial score (nSPS) is 11.0. The first kappa shape index (κ1) is 14.2. The topological polar surface area (TPSA) is 59.3 Å². The molecule has 0 radical (unpaired) electrons. The van der Waals surface area contributed by atoms with Crippen molar-refractivity contribution in [3.63, 3.8) is 0 Å². The highest BCUT2D eigenvalue weighted by Crippen LogP contribution is 2.21. The molecule has 0 saturated heterocycles. The summed E-state index contributed by atoms with van der Waals surface area (Å²) in [6.07, 6.45) is 4.29. The van der Waals surface area contributed by atoms with Crippen LogP contribution in [0.5, 0.6) is 0 Å². The zero-order valence-corrected chi connectivity index (χ0v) is 14.0. The summed E-state index contributed by atoms with van der Waals surface area (Å²) < 4.78 is 2.70. The van der Waals surface area contributed by atoms with E-state index >= 15 is 0 Å². The van der Waals surface area contributed by atoms with Crippen LogP contribution in [0, 0.1) is 6.92 Å². The fourth-order valence-corrected chi connectivity index (χ4v) is 3.12. The van der Waals surface area contributed by atoms with Crippen LogP contribution in [0.25, 0.3) is 5.65 Å². The lowest BCUT2D eigenvalue weighted by atomic mass is 10.2. The molecule has 0 aliphatic heterocycles. The summed E-state index contributed by atoms with van der Waals surface area (Å²) in [6.45, 7) is 3.94. The van der Waals surface area contributed by atoms with Gasteiger partial charge in [-0.3, -0.25) is 14.5 Å². The Bertz CT molecular complexity index is 824. The summed E-state index contributed by atoms with van der Waals surface area (Å²) in [6, 6.07) is 3.79. The van der Waals surface area contributed by atoms with Crippen LogP contribution in [0.15, 0.2) is 29.0 Å². The average molecular weight is 365 g/mol. The third-order valence-electron chi connectivity index (χ3n) is 3.05. The van der Waals surface area contributed by atoms with E-state index in [4.69, 9.17) is 0 Å². The van der Waals surface area contributed by atoms with Crippen molar-refractivity contribution in [1.29, 1.82) is 0 Å². The molecule has 3 rings (SSSR count). The van der Waals surface area contributed by atoms with Crippen LogP contribution in [0.4, 0.5) is 5.13 Å². The van der Waals surface area contributed by atoms with Crippen molar-refractivity contribution in [3.8, 4) is 0 Å². The Morgan fingerprint density at radius 2 is 2.29 bits per heavy atom. The zero-order chi connectivity index (χ0) is 15.0. The van der Waals surface area contributed by atoms with Crippen LogP contribution in [0.2, 0.25) is 0 Å². The Balaban J connectivity index is 2.05. The van der Waals surface area contributed by atoms with Crippen molar-refractivity contribution in [2.75, 3.05) is 5.32 Å². The fraction of sp³-hybridized carbons (Fsp3) is 0.214. The smallest absolute Gasteiger partial charge is 0.276 e. The van der Waals surface area contributed by atoms with Gasteiger partial charge in [0.25, 0.3) is 5.91 Å². The maximum absolute atomic E-state index is 12.6. The van der Waals surface area contributed by atoms with Gasteiger partial charge >= 0.3 is 0 Å². The average Bonchev–Trinajstić information content (AvgIpc) is 3.01. The molecule has 5 nitrogen and oxygen atoms in total.